The Morgan fingerprint density at radius 2 is 1.21 bits per heavy atom. The van der Waals surface area contributed by atoms with E-state index in [-0.39, 0.29) is 6.61 Å². The van der Waals surface area contributed by atoms with Crippen molar-refractivity contribution in [1.82, 2.24) is 0 Å². The molecule has 2 unspecified atom stereocenters. The fourth-order valence-electron chi connectivity index (χ4n) is 3.23. The summed E-state index contributed by atoms with van der Waals surface area (Å²) in [6.45, 7) is 10.4. The second kappa shape index (κ2) is 17.8. The Labute approximate surface area is 204 Å². The van der Waals surface area contributed by atoms with Crippen LogP contribution in [-0.4, -0.2) is 47.9 Å². The Hall–Kier alpha value is -2.67. The minimum absolute atomic E-state index is 0.0483. The highest BCUT2D eigenvalue weighted by molar-refractivity contribution is 5.85. The van der Waals surface area contributed by atoms with E-state index < -0.39 is 36.4 Å². The van der Waals surface area contributed by atoms with Gasteiger partial charge in [-0.15, -0.1) is 0 Å². The third kappa shape index (κ3) is 15.2. The minimum atomic E-state index is -1.64. The summed E-state index contributed by atoms with van der Waals surface area (Å²) in [4.78, 5) is 34.3. The molecule has 0 aliphatic heterocycles. The summed E-state index contributed by atoms with van der Waals surface area (Å²) in [5.74, 6) is -5.17. The maximum atomic E-state index is 11.5. The predicted octanol–water partition coefficient (Wildman–Crippen LogP) is 5.87. The van der Waals surface area contributed by atoms with Crippen molar-refractivity contribution in [3.8, 4) is 0 Å². The third-order valence-electron chi connectivity index (χ3n) is 5.40. The zero-order chi connectivity index (χ0) is 26.1. The number of rotatable bonds is 17. The zero-order valence-corrected chi connectivity index (χ0v) is 21.6. The van der Waals surface area contributed by atoms with E-state index in [2.05, 4.69) is 50.7 Å². The van der Waals surface area contributed by atoms with Crippen molar-refractivity contribution < 1.29 is 34.1 Å². The number of methoxy groups -OCH3 is 1. The molecule has 0 aromatic carbocycles. The van der Waals surface area contributed by atoms with Gasteiger partial charge in [0.2, 0.25) is 0 Å². The summed E-state index contributed by atoms with van der Waals surface area (Å²) < 4.78 is 9.75. The van der Waals surface area contributed by atoms with Gasteiger partial charge in [0.05, 0.1) is 20.1 Å². The Morgan fingerprint density at radius 1 is 0.735 bits per heavy atom. The van der Waals surface area contributed by atoms with Crippen molar-refractivity contribution >= 4 is 17.9 Å². The number of ether oxygens (including phenoxy) is 2. The van der Waals surface area contributed by atoms with Gasteiger partial charge in [-0.05, 0) is 73.1 Å². The van der Waals surface area contributed by atoms with Crippen LogP contribution in [0.15, 0.2) is 46.6 Å². The Bertz CT molecular complexity index is 783. The fourth-order valence-corrected chi connectivity index (χ4v) is 3.23. The molecule has 0 fully saturated rings. The van der Waals surface area contributed by atoms with Gasteiger partial charge in [0.1, 0.15) is 5.92 Å². The number of hydrogen-bond acceptors (Lipinski definition) is 5. The van der Waals surface area contributed by atoms with Crippen LogP contribution in [0.4, 0.5) is 0 Å². The van der Waals surface area contributed by atoms with Gasteiger partial charge in [0.15, 0.2) is 6.10 Å². The molecule has 7 heteroatoms. The molecule has 34 heavy (non-hydrogen) atoms. The summed E-state index contributed by atoms with van der Waals surface area (Å²) in [7, 11) is 1.12. The van der Waals surface area contributed by atoms with Gasteiger partial charge in [-0.3, -0.25) is 9.59 Å². The smallest absolute Gasteiger partial charge is 0.333 e. The Balaban J connectivity index is 4.57. The van der Waals surface area contributed by atoms with E-state index in [1.807, 2.05) is 6.92 Å². The summed E-state index contributed by atoms with van der Waals surface area (Å²) in [5.41, 5.74) is 5.12. The zero-order valence-electron chi connectivity index (χ0n) is 21.6. The van der Waals surface area contributed by atoms with Crippen LogP contribution in [0.5, 0.6) is 0 Å². The average Bonchev–Trinajstić information content (AvgIpc) is 2.74. The van der Waals surface area contributed by atoms with Crippen LogP contribution in [0.2, 0.25) is 0 Å². The number of carbonyl (C=O) groups excluding carboxylic acids is 1. The van der Waals surface area contributed by atoms with Crippen LogP contribution < -0.4 is 0 Å². The second-order valence-electron chi connectivity index (χ2n) is 8.87. The van der Waals surface area contributed by atoms with Gasteiger partial charge in [-0.25, -0.2) is 4.79 Å². The first-order valence-corrected chi connectivity index (χ1v) is 11.7. The molecule has 0 aromatic heterocycles. The highest BCUT2D eigenvalue weighted by atomic mass is 16.5. The molecule has 0 radical (unpaired) electrons. The number of allylic oxidation sites excluding steroid dienone is 7. The number of aliphatic carboxylic acids is 2. The SMILES string of the molecule is COC(=O)CC(C(=O)O)C(OCC=C(C)CCC=C(C)CCC=C(C)CCC=C(C)C)C(=O)O. The molecule has 0 aromatic rings. The van der Waals surface area contributed by atoms with Gasteiger partial charge in [0, 0.05) is 0 Å². The first-order valence-electron chi connectivity index (χ1n) is 11.7. The molecule has 7 nitrogen and oxygen atoms in total. The van der Waals surface area contributed by atoms with E-state index in [1.165, 1.54) is 16.7 Å². The van der Waals surface area contributed by atoms with E-state index in [9.17, 15) is 24.6 Å². The first kappa shape index (κ1) is 31.3. The van der Waals surface area contributed by atoms with Crippen molar-refractivity contribution in [1.29, 1.82) is 0 Å². The molecule has 0 spiro atoms. The molecule has 0 rings (SSSR count). The van der Waals surface area contributed by atoms with Crippen molar-refractivity contribution in [3.63, 3.8) is 0 Å². The normalized spacial score (nSPS) is 14.4. The molecule has 0 saturated heterocycles. The quantitative estimate of drug-likeness (QED) is 0.199. The lowest BCUT2D eigenvalue weighted by Crippen LogP contribution is -2.38. The fraction of sp³-hybridized carbons (Fsp3) is 0.593. The van der Waals surface area contributed by atoms with Gasteiger partial charge in [0.25, 0.3) is 0 Å². The lowest BCUT2D eigenvalue weighted by Gasteiger charge is -2.19. The standard InChI is InChI=1S/C27H42O7/c1-19(2)10-7-11-20(3)12-8-13-21(4)14-9-15-22(5)16-17-34-25(27(31)32)23(26(29)30)18-24(28)33-6/h10,12,14,16,23,25H,7-9,11,13,15,17-18H2,1-6H3,(H,29,30)(H,31,32). The van der Waals surface area contributed by atoms with E-state index in [1.54, 1.807) is 6.08 Å². The van der Waals surface area contributed by atoms with Crippen LogP contribution in [-0.2, 0) is 23.9 Å². The number of carbonyl (C=O) groups is 3. The van der Waals surface area contributed by atoms with Gasteiger partial charge >= 0.3 is 17.9 Å². The number of carboxylic acids is 2. The molecule has 0 saturated carbocycles. The highest BCUT2D eigenvalue weighted by Gasteiger charge is 2.36. The van der Waals surface area contributed by atoms with Gasteiger partial charge < -0.3 is 19.7 Å². The van der Waals surface area contributed by atoms with Gasteiger partial charge in [-0.2, -0.15) is 0 Å². The Kier molecular flexibility index (Phi) is 16.4. The monoisotopic (exact) mass is 478 g/mol. The maximum Gasteiger partial charge on any atom is 0.333 e. The van der Waals surface area contributed by atoms with Crippen LogP contribution in [0.25, 0.3) is 0 Å². The lowest BCUT2D eigenvalue weighted by atomic mass is 9.98. The van der Waals surface area contributed by atoms with E-state index in [4.69, 9.17) is 4.74 Å². The third-order valence-corrected chi connectivity index (χ3v) is 5.40. The average molecular weight is 479 g/mol. The van der Waals surface area contributed by atoms with Crippen molar-refractivity contribution in [2.75, 3.05) is 13.7 Å². The molecule has 0 aliphatic rings. The van der Waals surface area contributed by atoms with E-state index in [0.717, 1.165) is 51.2 Å². The second-order valence-corrected chi connectivity index (χ2v) is 8.87. The van der Waals surface area contributed by atoms with Crippen LogP contribution in [0.1, 0.15) is 79.6 Å². The lowest BCUT2D eigenvalue weighted by molar-refractivity contribution is -0.166. The van der Waals surface area contributed by atoms with Crippen molar-refractivity contribution in [3.05, 3.63) is 46.6 Å². The highest BCUT2D eigenvalue weighted by Crippen LogP contribution is 2.16. The van der Waals surface area contributed by atoms with E-state index >= 15 is 0 Å². The first-order chi connectivity index (χ1) is 16.0. The molecule has 0 heterocycles. The molecule has 2 atom stereocenters. The maximum absolute atomic E-state index is 11.5. The summed E-state index contributed by atoms with van der Waals surface area (Å²) in [6.07, 6.45) is 12.2. The van der Waals surface area contributed by atoms with E-state index in [0.29, 0.717) is 0 Å². The number of hydrogen-bond donors (Lipinski definition) is 2. The molecular weight excluding hydrogens is 436 g/mol. The summed E-state index contributed by atoms with van der Waals surface area (Å²) in [6, 6.07) is 0. The molecule has 0 amide bonds. The topological polar surface area (TPSA) is 110 Å². The van der Waals surface area contributed by atoms with Crippen molar-refractivity contribution in [2.24, 2.45) is 5.92 Å². The van der Waals surface area contributed by atoms with Crippen molar-refractivity contribution in [2.45, 2.75) is 85.7 Å². The minimum Gasteiger partial charge on any atom is -0.481 e. The van der Waals surface area contributed by atoms with Crippen LogP contribution in [0, 0.1) is 5.92 Å². The Morgan fingerprint density at radius 3 is 1.62 bits per heavy atom. The largest absolute Gasteiger partial charge is 0.481 e. The summed E-state index contributed by atoms with van der Waals surface area (Å²) in [5, 5.41) is 18.6. The molecule has 2 N–H and O–H groups in total. The van der Waals surface area contributed by atoms with Crippen LogP contribution in [0.3, 0.4) is 0 Å². The molecular formula is C27H42O7. The molecule has 0 aliphatic carbocycles. The molecule has 192 valence electrons. The predicted molar refractivity (Wildman–Crippen MR) is 134 cm³/mol. The number of esters is 1. The van der Waals surface area contributed by atoms with Crippen LogP contribution >= 0.6 is 0 Å². The van der Waals surface area contributed by atoms with Gasteiger partial charge in [-0.1, -0.05) is 46.6 Å². The summed E-state index contributed by atoms with van der Waals surface area (Å²) >= 11 is 0. The number of carboxylic acid groups (broad SMARTS) is 2. The molecule has 0 bridgehead atoms.